The van der Waals surface area contributed by atoms with E-state index in [0.717, 1.165) is 11.7 Å². The van der Waals surface area contributed by atoms with E-state index < -0.39 is 0 Å². The summed E-state index contributed by atoms with van der Waals surface area (Å²) in [7, 11) is 1.70. The van der Waals surface area contributed by atoms with Crippen LogP contribution in [0.5, 0.6) is 5.75 Å². The van der Waals surface area contributed by atoms with Gasteiger partial charge in [-0.25, -0.2) is 0 Å². The maximum atomic E-state index is 6.25. The van der Waals surface area contributed by atoms with Crippen LogP contribution in [-0.4, -0.2) is 13.2 Å². The molecule has 0 spiro atoms. The van der Waals surface area contributed by atoms with E-state index in [4.69, 9.17) is 9.47 Å². The Morgan fingerprint density at radius 2 is 1.85 bits per heavy atom. The van der Waals surface area contributed by atoms with Crippen molar-refractivity contribution in [3.05, 3.63) is 29.8 Å². The van der Waals surface area contributed by atoms with Crippen LogP contribution in [0.25, 0.3) is 0 Å². The van der Waals surface area contributed by atoms with Gasteiger partial charge in [0.15, 0.2) is 0 Å². The number of ether oxygens (including phenoxy) is 2. The van der Waals surface area contributed by atoms with E-state index in [1.54, 1.807) is 7.11 Å². The Kier molecular flexibility index (Phi) is 5.47. The molecule has 1 aliphatic carbocycles. The van der Waals surface area contributed by atoms with E-state index in [9.17, 15) is 0 Å². The highest BCUT2D eigenvalue weighted by Crippen LogP contribution is 2.35. The maximum Gasteiger partial charge on any atom is 0.118 e. The fraction of sp³-hybridized carbons (Fsp3) is 0.667. The van der Waals surface area contributed by atoms with Gasteiger partial charge >= 0.3 is 0 Å². The predicted molar refractivity (Wildman–Crippen MR) is 82.9 cm³/mol. The van der Waals surface area contributed by atoms with Crippen LogP contribution in [0.3, 0.4) is 0 Å². The Balaban J connectivity index is 1.92. The monoisotopic (exact) mass is 276 g/mol. The summed E-state index contributed by atoms with van der Waals surface area (Å²) >= 11 is 0. The molecule has 1 fully saturated rings. The van der Waals surface area contributed by atoms with Gasteiger partial charge in [-0.05, 0) is 48.3 Å². The van der Waals surface area contributed by atoms with Crippen molar-refractivity contribution in [3.63, 3.8) is 0 Å². The van der Waals surface area contributed by atoms with Gasteiger partial charge < -0.3 is 9.47 Å². The smallest absolute Gasteiger partial charge is 0.118 e. The molecule has 0 aromatic heterocycles. The Morgan fingerprint density at radius 1 is 1.15 bits per heavy atom. The van der Waals surface area contributed by atoms with Crippen molar-refractivity contribution in [1.82, 2.24) is 0 Å². The molecule has 0 N–H and O–H groups in total. The molecule has 0 radical (unpaired) electrons. The molecule has 0 saturated heterocycles. The van der Waals surface area contributed by atoms with E-state index in [1.807, 2.05) is 12.1 Å². The van der Waals surface area contributed by atoms with Gasteiger partial charge in [0.05, 0.1) is 19.8 Å². The largest absolute Gasteiger partial charge is 0.497 e. The minimum atomic E-state index is 0.417. The average molecular weight is 276 g/mol. The molecule has 2 nitrogen and oxygen atoms in total. The summed E-state index contributed by atoms with van der Waals surface area (Å²) in [4.78, 5) is 0. The molecule has 20 heavy (non-hydrogen) atoms. The predicted octanol–water partition coefficient (Wildman–Crippen LogP) is 4.67. The van der Waals surface area contributed by atoms with E-state index >= 15 is 0 Å². The second kappa shape index (κ2) is 7.12. The van der Waals surface area contributed by atoms with Crippen LogP contribution in [-0.2, 0) is 11.3 Å². The molecule has 112 valence electrons. The Morgan fingerprint density at radius 3 is 2.45 bits per heavy atom. The first-order chi connectivity index (χ1) is 9.60. The van der Waals surface area contributed by atoms with Crippen molar-refractivity contribution in [3.8, 4) is 5.75 Å². The molecule has 0 unspecified atom stereocenters. The third-order valence-electron chi connectivity index (χ3n) is 4.58. The third kappa shape index (κ3) is 3.99. The Labute approximate surface area is 123 Å². The van der Waals surface area contributed by atoms with Gasteiger partial charge in [0.25, 0.3) is 0 Å². The fourth-order valence-corrected chi connectivity index (χ4v) is 3.23. The molecule has 0 heterocycles. The van der Waals surface area contributed by atoms with Gasteiger partial charge in [0.2, 0.25) is 0 Å². The van der Waals surface area contributed by atoms with Gasteiger partial charge in [0, 0.05) is 0 Å². The van der Waals surface area contributed by atoms with Crippen molar-refractivity contribution >= 4 is 0 Å². The molecule has 0 amide bonds. The molecule has 2 heteroatoms. The molecular weight excluding hydrogens is 248 g/mol. The SMILES string of the molecule is COc1ccc(CO[C@@H]2C[C@@H](C)CC[C@@H]2C(C)C)cc1. The van der Waals surface area contributed by atoms with Gasteiger partial charge in [-0.3, -0.25) is 0 Å². The zero-order chi connectivity index (χ0) is 14.5. The molecule has 1 aromatic carbocycles. The third-order valence-corrected chi connectivity index (χ3v) is 4.58. The van der Waals surface area contributed by atoms with Crippen molar-refractivity contribution in [2.24, 2.45) is 17.8 Å². The summed E-state index contributed by atoms with van der Waals surface area (Å²) in [5, 5.41) is 0. The molecule has 3 atom stereocenters. The molecule has 1 aliphatic rings. The van der Waals surface area contributed by atoms with Gasteiger partial charge in [0.1, 0.15) is 5.75 Å². The highest BCUT2D eigenvalue weighted by atomic mass is 16.5. The highest BCUT2D eigenvalue weighted by molar-refractivity contribution is 5.26. The second-order valence-electron chi connectivity index (χ2n) is 6.52. The van der Waals surface area contributed by atoms with Crippen molar-refractivity contribution < 1.29 is 9.47 Å². The zero-order valence-electron chi connectivity index (χ0n) is 13.3. The topological polar surface area (TPSA) is 18.5 Å². The summed E-state index contributed by atoms with van der Waals surface area (Å²) in [6, 6.07) is 8.19. The van der Waals surface area contributed by atoms with Gasteiger partial charge in [-0.15, -0.1) is 0 Å². The van der Waals surface area contributed by atoms with Crippen LogP contribution >= 0.6 is 0 Å². The lowest BCUT2D eigenvalue weighted by atomic mass is 9.75. The van der Waals surface area contributed by atoms with E-state index in [0.29, 0.717) is 24.5 Å². The van der Waals surface area contributed by atoms with Crippen molar-refractivity contribution in [2.45, 2.75) is 52.7 Å². The van der Waals surface area contributed by atoms with Gasteiger partial charge in [-0.2, -0.15) is 0 Å². The molecule has 0 aliphatic heterocycles. The minimum Gasteiger partial charge on any atom is -0.497 e. The first-order valence-corrected chi connectivity index (χ1v) is 7.84. The lowest BCUT2D eigenvalue weighted by Crippen LogP contribution is -2.34. The lowest BCUT2D eigenvalue weighted by Gasteiger charge is -2.37. The lowest BCUT2D eigenvalue weighted by molar-refractivity contribution is -0.0472. The van der Waals surface area contributed by atoms with Crippen molar-refractivity contribution in [2.75, 3.05) is 7.11 Å². The number of hydrogen-bond donors (Lipinski definition) is 0. The summed E-state index contributed by atoms with van der Waals surface area (Å²) in [6.07, 6.45) is 4.29. The van der Waals surface area contributed by atoms with Crippen LogP contribution in [0.1, 0.15) is 45.6 Å². The van der Waals surface area contributed by atoms with Crippen LogP contribution in [0.15, 0.2) is 24.3 Å². The fourth-order valence-electron chi connectivity index (χ4n) is 3.23. The van der Waals surface area contributed by atoms with E-state index in [-0.39, 0.29) is 0 Å². The van der Waals surface area contributed by atoms with Crippen LogP contribution < -0.4 is 4.74 Å². The first-order valence-electron chi connectivity index (χ1n) is 7.84. The highest BCUT2D eigenvalue weighted by Gasteiger charge is 2.31. The first kappa shape index (κ1) is 15.4. The molecular formula is C18H28O2. The van der Waals surface area contributed by atoms with E-state index in [2.05, 4.69) is 32.9 Å². The minimum absolute atomic E-state index is 0.417. The molecule has 1 saturated carbocycles. The Bertz CT molecular complexity index is 396. The van der Waals surface area contributed by atoms with Crippen LogP contribution in [0.4, 0.5) is 0 Å². The zero-order valence-corrected chi connectivity index (χ0v) is 13.3. The van der Waals surface area contributed by atoms with Crippen molar-refractivity contribution in [1.29, 1.82) is 0 Å². The van der Waals surface area contributed by atoms with E-state index in [1.165, 1.54) is 24.8 Å². The number of methoxy groups -OCH3 is 1. The quantitative estimate of drug-likeness (QED) is 0.778. The normalized spacial score (nSPS) is 26.8. The average Bonchev–Trinajstić information content (AvgIpc) is 2.45. The maximum absolute atomic E-state index is 6.25. The summed E-state index contributed by atoms with van der Waals surface area (Å²) in [5.41, 5.74) is 1.23. The summed E-state index contributed by atoms with van der Waals surface area (Å²) in [6.45, 7) is 7.71. The van der Waals surface area contributed by atoms with Crippen LogP contribution in [0.2, 0.25) is 0 Å². The summed E-state index contributed by atoms with van der Waals surface area (Å²) in [5.74, 6) is 3.12. The molecule has 1 aromatic rings. The Hall–Kier alpha value is -1.02. The number of hydrogen-bond acceptors (Lipinski definition) is 2. The number of benzene rings is 1. The summed E-state index contributed by atoms with van der Waals surface area (Å²) < 4.78 is 11.4. The standard InChI is InChI=1S/C18H28O2/c1-13(2)17-10-5-14(3)11-18(17)20-12-15-6-8-16(19-4)9-7-15/h6-9,13-14,17-18H,5,10-12H2,1-4H3/t14-,17+,18+/m0/s1. The van der Waals surface area contributed by atoms with Crippen LogP contribution in [0, 0.1) is 17.8 Å². The van der Waals surface area contributed by atoms with Gasteiger partial charge in [-0.1, -0.05) is 39.3 Å². The number of rotatable bonds is 5. The molecule has 0 bridgehead atoms. The molecule has 2 rings (SSSR count). The second-order valence-corrected chi connectivity index (χ2v) is 6.52.